The van der Waals surface area contributed by atoms with Gasteiger partial charge in [-0.15, -0.1) is 11.3 Å². The van der Waals surface area contributed by atoms with Gasteiger partial charge in [-0.2, -0.15) is 0 Å². The van der Waals surface area contributed by atoms with Gasteiger partial charge in [0.1, 0.15) is 0 Å². The van der Waals surface area contributed by atoms with Crippen molar-refractivity contribution in [1.29, 1.82) is 0 Å². The van der Waals surface area contributed by atoms with Gasteiger partial charge < -0.3 is 0 Å². The lowest BCUT2D eigenvalue weighted by Gasteiger charge is -2.23. The van der Waals surface area contributed by atoms with E-state index in [0.29, 0.717) is 0 Å². The predicted octanol–water partition coefficient (Wildman–Crippen LogP) is 14.9. The molecule has 0 fully saturated rings. The van der Waals surface area contributed by atoms with Crippen LogP contribution in [0.25, 0.3) is 91.4 Å². The Morgan fingerprint density at radius 3 is 1.87 bits per heavy atom. The van der Waals surface area contributed by atoms with E-state index >= 15 is 0 Å². The van der Waals surface area contributed by atoms with Crippen molar-refractivity contribution in [2.45, 2.75) is 32.1 Å². The molecule has 1 heteroatoms. The summed E-state index contributed by atoms with van der Waals surface area (Å²) in [5.41, 5.74) is 13.4. The van der Waals surface area contributed by atoms with Gasteiger partial charge in [0.15, 0.2) is 0 Å². The lowest BCUT2D eigenvalue weighted by atomic mass is 9.80. The van der Waals surface area contributed by atoms with Crippen molar-refractivity contribution >= 4 is 69.4 Å². The Kier molecular flexibility index (Phi) is 6.40. The second-order valence-corrected chi connectivity index (χ2v) is 16.2. The predicted molar refractivity (Wildman–Crippen MR) is 227 cm³/mol. The van der Waals surface area contributed by atoms with E-state index in [1.54, 1.807) is 0 Å². The van der Waals surface area contributed by atoms with Gasteiger partial charge in [-0.1, -0.05) is 147 Å². The van der Waals surface area contributed by atoms with Crippen LogP contribution in [0.2, 0.25) is 0 Å². The molecule has 0 atom stereocenters. The molecular formula is C51H36S. The van der Waals surface area contributed by atoms with Crippen molar-refractivity contribution in [3.63, 3.8) is 0 Å². The van der Waals surface area contributed by atoms with E-state index < -0.39 is 0 Å². The van der Waals surface area contributed by atoms with E-state index in [-0.39, 0.29) is 5.41 Å². The van der Waals surface area contributed by atoms with Gasteiger partial charge in [0.05, 0.1) is 0 Å². The molecule has 52 heavy (non-hydrogen) atoms. The van der Waals surface area contributed by atoms with Crippen molar-refractivity contribution in [3.8, 4) is 33.4 Å². The molecule has 8 aromatic carbocycles. The topological polar surface area (TPSA) is 0 Å². The molecule has 0 N–H and O–H groups in total. The van der Waals surface area contributed by atoms with Crippen LogP contribution in [0, 0.1) is 0 Å². The molecule has 0 aliphatic heterocycles. The largest absolute Gasteiger partial charge is 0.135 e. The van der Waals surface area contributed by atoms with Crippen LogP contribution in [0.1, 0.15) is 43.4 Å². The Morgan fingerprint density at radius 1 is 0.500 bits per heavy atom. The minimum Gasteiger partial charge on any atom is -0.135 e. The summed E-state index contributed by atoms with van der Waals surface area (Å²) in [6.07, 6.45) is 8.98. The standard InChI is InChI=1S/C51H36S/c1-51(2)45-27-25-34(28-43(45)41-26-24-35-29-44-36-14-10-11-19-46(36)52-47(44)30-42(35)50(41)51)31-20-22-33(23-21-31)49-39-17-8-6-15-37(39)48(32-12-4-3-5-13-32)38-16-7-9-18-40(38)49/h3-4,6-12,14-30H,5,13H2,1-2H3. The summed E-state index contributed by atoms with van der Waals surface area (Å²) in [7, 11) is 0. The van der Waals surface area contributed by atoms with Gasteiger partial charge >= 0.3 is 0 Å². The average molecular weight is 681 g/mol. The molecular weight excluding hydrogens is 645 g/mol. The SMILES string of the molecule is CC1(C)c2ccc(-c3ccc(-c4c5ccccc5c(C5=CC=CCC5)c5ccccc45)cc3)cc2-c2ccc3cc4c(cc3c21)sc1ccccc14. The zero-order valence-electron chi connectivity index (χ0n) is 29.3. The van der Waals surface area contributed by atoms with Gasteiger partial charge in [-0.25, -0.2) is 0 Å². The van der Waals surface area contributed by atoms with Crippen LogP contribution in [-0.4, -0.2) is 0 Å². The molecule has 2 aliphatic rings. The maximum absolute atomic E-state index is 2.46. The third-order valence-electron chi connectivity index (χ3n) is 11.9. The number of thiophene rings is 1. The van der Waals surface area contributed by atoms with E-state index in [1.165, 1.54) is 108 Å². The van der Waals surface area contributed by atoms with Gasteiger partial charge in [-0.3, -0.25) is 0 Å². The number of allylic oxidation sites excluding steroid dienone is 4. The molecule has 0 saturated carbocycles. The van der Waals surface area contributed by atoms with Gasteiger partial charge in [-0.05, 0) is 125 Å². The van der Waals surface area contributed by atoms with Gasteiger partial charge in [0, 0.05) is 25.6 Å². The quantitative estimate of drug-likeness (QED) is 0.163. The first-order valence-corrected chi connectivity index (χ1v) is 19.3. The Bertz CT molecular complexity index is 2960. The fourth-order valence-electron chi connectivity index (χ4n) is 9.49. The summed E-state index contributed by atoms with van der Waals surface area (Å²) in [6, 6.07) is 52.9. The van der Waals surface area contributed by atoms with E-state index in [4.69, 9.17) is 0 Å². The van der Waals surface area contributed by atoms with Crippen molar-refractivity contribution in [2.24, 2.45) is 0 Å². The van der Waals surface area contributed by atoms with E-state index in [2.05, 4.69) is 172 Å². The van der Waals surface area contributed by atoms with E-state index in [0.717, 1.165) is 12.8 Å². The minimum absolute atomic E-state index is 0.0881. The molecule has 0 bridgehead atoms. The van der Waals surface area contributed by atoms with Crippen molar-refractivity contribution in [2.75, 3.05) is 0 Å². The lowest BCUT2D eigenvalue weighted by Crippen LogP contribution is -2.15. The first-order valence-electron chi connectivity index (χ1n) is 18.5. The molecule has 1 heterocycles. The van der Waals surface area contributed by atoms with Crippen LogP contribution in [-0.2, 0) is 5.41 Å². The van der Waals surface area contributed by atoms with Crippen LogP contribution in [0.5, 0.6) is 0 Å². The average Bonchev–Trinajstić information content (AvgIpc) is 3.67. The molecule has 11 rings (SSSR count). The fraction of sp³-hybridized carbons (Fsp3) is 0.0980. The van der Waals surface area contributed by atoms with Crippen molar-refractivity contribution in [3.05, 3.63) is 174 Å². The lowest BCUT2D eigenvalue weighted by molar-refractivity contribution is 0.666. The zero-order valence-corrected chi connectivity index (χ0v) is 30.2. The number of fused-ring (bicyclic) bond motifs is 10. The van der Waals surface area contributed by atoms with Gasteiger partial charge in [0.2, 0.25) is 0 Å². The highest BCUT2D eigenvalue weighted by Gasteiger charge is 2.37. The van der Waals surface area contributed by atoms with Crippen LogP contribution >= 0.6 is 11.3 Å². The highest BCUT2D eigenvalue weighted by atomic mass is 32.1. The Labute approximate surface area is 308 Å². The molecule has 0 radical (unpaired) electrons. The smallest absolute Gasteiger partial charge is 0.0361 e. The molecule has 246 valence electrons. The first kappa shape index (κ1) is 29.9. The maximum Gasteiger partial charge on any atom is 0.0361 e. The van der Waals surface area contributed by atoms with Crippen molar-refractivity contribution < 1.29 is 0 Å². The van der Waals surface area contributed by atoms with Crippen LogP contribution in [0.15, 0.2) is 158 Å². The number of rotatable bonds is 3. The Balaban J connectivity index is 1.03. The maximum atomic E-state index is 2.46. The summed E-state index contributed by atoms with van der Waals surface area (Å²) in [6.45, 7) is 4.81. The molecule has 0 unspecified atom stereocenters. The highest BCUT2D eigenvalue weighted by Crippen LogP contribution is 2.53. The van der Waals surface area contributed by atoms with Crippen LogP contribution in [0.3, 0.4) is 0 Å². The monoisotopic (exact) mass is 680 g/mol. The number of benzene rings is 8. The zero-order chi connectivity index (χ0) is 34.6. The molecule has 0 spiro atoms. The second-order valence-electron chi connectivity index (χ2n) is 15.1. The molecule has 0 nitrogen and oxygen atoms in total. The molecule has 9 aromatic rings. The van der Waals surface area contributed by atoms with Crippen molar-refractivity contribution in [1.82, 2.24) is 0 Å². The van der Waals surface area contributed by atoms with Crippen LogP contribution in [0.4, 0.5) is 0 Å². The normalized spacial score (nSPS) is 14.8. The summed E-state index contributed by atoms with van der Waals surface area (Å²) >= 11 is 1.91. The second kappa shape index (κ2) is 11.1. The first-order chi connectivity index (χ1) is 25.5. The summed E-state index contributed by atoms with van der Waals surface area (Å²) in [5, 5.41) is 10.7. The number of hydrogen-bond acceptors (Lipinski definition) is 1. The third-order valence-corrected chi connectivity index (χ3v) is 13.0. The summed E-state index contributed by atoms with van der Waals surface area (Å²) in [4.78, 5) is 0. The highest BCUT2D eigenvalue weighted by molar-refractivity contribution is 7.25. The van der Waals surface area contributed by atoms with E-state index in [1.807, 2.05) is 11.3 Å². The summed E-state index contributed by atoms with van der Waals surface area (Å²) in [5.74, 6) is 0. The third kappa shape index (κ3) is 4.27. The molecule has 1 aromatic heterocycles. The fourth-order valence-corrected chi connectivity index (χ4v) is 10.6. The Morgan fingerprint density at radius 2 is 1.15 bits per heavy atom. The minimum atomic E-state index is -0.0881. The van der Waals surface area contributed by atoms with Gasteiger partial charge in [0.25, 0.3) is 0 Å². The Hall–Kier alpha value is -5.76. The molecule has 2 aliphatic carbocycles. The van der Waals surface area contributed by atoms with E-state index in [9.17, 15) is 0 Å². The number of hydrogen-bond donors (Lipinski definition) is 0. The van der Waals surface area contributed by atoms with Crippen LogP contribution < -0.4 is 0 Å². The summed E-state index contributed by atoms with van der Waals surface area (Å²) < 4.78 is 2.73. The molecule has 0 saturated heterocycles. The molecule has 0 amide bonds.